The Hall–Kier alpha value is -2.29. The van der Waals surface area contributed by atoms with Gasteiger partial charge >= 0.3 is 0 Å². The third-order valence-electron chi connectivity index (χ3n) is 5.90. The minimum Gasteiger partial charge on any atom is -0.379 e. The first-order valence-corrected chi connectivity index (χ1v) is 12.0. The lowest BCUT2D eigenvalue weighted by Crippen LogP contribution is -2.41. The molecule has 2 aromatic carbocycles. The average Bonchev–Trinajstić information content (AvgIpc) is 2.78. The van der Waals surface area contributed by atoms with E-state index in [0.29, 0.717) is 12.5 Å². The highest BCUT2D eigenvalue weighted by Crippen LogP contribution is 2.32. The van der Waals surface area contributed by atoms with Crippen molar-refractivity contribution in [3.8, 4) is 0 Å². The summed E-state index contributed by atoms with van der Waals surface area (Å²) in [7, 11) is -4.05. The van der Waals surface area contributed by atoms with Crippen LogP contribution in [0.1, 0.15) is 47.7 Å². The fourth-order valence-electron chi connectivity index (χ4n) is 4.10. The van der Waals surface area contributed by atoms with Crippen molar-refractivity contribution in [2.24, 2.45) is 0 Å². The topological polar surface area (TPSA) is 66.9 Å². The number of anilines is 1. The number of benzene rings is 2. The summed E-state index contributed by atoms with van der Waals surface area (Å²) in [4.78, 5) is 14.5. The zero-order valence-corrected chi connectivity index (χ0v) is 18.6. The molecule has 31 heavy (non-hydrogen) atoms. The van der Waals surface area contributed by atoms with Crippen LogP contribution in [0.4, 0.5) is 10.1 Å². The summed E-state index contributed by atoms with van der Waals surface area (Å²) in [5.74, 6) is -0.790. The van der Waals surface area contributed by atoms with Gasteiger partial charge in [0.25, 0.3) is 5.91 Å². The summed E-state index contributed by atoms with van der Waals surface area (Å²) in [6.07, 6.45) is 1.71. The molecule has 0 aliphatic carbocycles. The van der Waals surface area contributed by atoms with Gasteiger partial charge in [0.2, 0.25) is 10.0 Å². The van der Waals surface area contributed by atoms with Crippen LogP contribution in [0.3, 0.4) is 0 Å². The van der Waals surface area contributed by atoms with Gasteiger partial charge in [-0.2, -0.15) is 4.31 Å². The molecule has 6 nitrogen and oxygen atoms in total. The number of aryl methyl sites for hydroxylation is 1. The highest BCUT2D eigenvalue weighted by molar-refractivity contribution is 7.89. The number of hydrogen-bond donors (Lipinski definition) is 0. The standard InChI is InChI=1S/C23H27FN2O4S/c1-16(2)17-6-8-21-18(14-17)4-3-9-26(21)23(27)19-5-7-20(24)22(15-19)31(28,29)25-10-12-30-13-11-25/h5-8,14-16H,3-4,9-13H2,1-2H3. The summed E-state index contributed by atoms with van der Waals surface area (Å²) in [5, 5.41) is 0. The van der Waals surface area contributed by atoms with Gasteiger partial charge in [-0.05, 0) is 54.2 Å². The number of carbonyl (C=O) groups is 1. The van der Waals surface area contributed by atoms with E-state index < -0.39 is 20.7 Å². The highest BCUT2D eigenvalue weighted by atomic mass is 32.2. The molecule has 0 saturated carbocycles. The quantitative estimate of drug-likeness (QED) is 0.720. The van der Waals surface area contributed by atoms with E-state index in [-0.39, 0.29) is 37.8 Å². The molecule has 2 aliphatic heterocycles. The van der Waals surface area contributed by atoms with Gasteiger partial charge in [0.1, 0.15) is 10.7 Å². The lowest BCUT2D eigenvalue weighted by atomic mass is 9.94. The Bertz CT molecular complexity index is 1090. The van der Waals surface area contributed by atoms with E-state index >= 15 is 0 Å². The number of rotatable bonds is 4. The molecule has 0 aromatic heterocycles. The van der Waals surface area contributed by atoms with Gasteiger partial charge in [-0.25, -0.2) is 12.8 Å². The molecule has 0 bridgehead atoms. The average molecular weight is 447 g/mol. The van der Waals surface area contributed by atoms with Gasteiger partial charge in [0.05, 0.1) is 13.2 Å². The molecule has 2 aliphatic rings. The fourth-order valence-corrected chi connectivity index (χ4v) is 5.60. The molecule has 1 amide bonds. The van der Waals surface area contributed by atoms with Crippen molar-refractivity contribution in [2.45, 2.75) is 37.5 Å². The van der Waals surface area contributed by atoms with Gasteiger partial charge in [-0.15, -0.1) is 0 Å². The van der Waals surface area contributed by atoms with Gasteiger partial charge in [-0.1, -0.05) is 26.0 Å². The number of hydrogen-bond acceptors (Lipinski definition) is 4. The number of amides is 1. The lowest BCUT2D eigenvalue weighted by molar-refractivity contribution is 0.0729. The Morgan fingerprint density at radius 1 is 1.06 bits per heavy atom. The molecule has 0 radical (unpaired) electrons. The molecule has 8 heteroatoms. The van der Waals surface area contributed by atoms with Gasteiger partial charge in [0, 0.05) is 30.9 Å². The Labute approximate surface area is 182 Å². The Morgan fingerprint density at radius 2 is 1.81 bits per heavy atom. The van der Waals surface area contributed by atoms with Crippen LogP contribution in [-0.4, -0.2) is 51.5 Å². The zero-order valence-electron chi connectivity index (χ0n) is 17.8. The van der Waals surface area contributed by atoms with Gasteiger partial charge in [0.15, 0.2) is 0 Å². The van der Waals surface area contributed by atoms with Crippen LogP contribution in [0, 0.1) is 5.82 Å². The molecule has 166 valence electrons. The second-order valence-corrected chi connectivity index (χ2v) is 10.2. The largest absolute Gasteiger partial charge is 0.379 e. The van der Waals surface area contributed by atoms with Crippen molar-refractivity contribution >= 4 is 21.6 Å². The van der Waals surface area contributed by atoms with Crippen molar-refractivity contribution < 1.29 is 22.3 Å². The second-order valence-electron chi connectivity index (χ2n) is 8.26. The first-order valence-electron chi connectivity index (χ1n) is 10.6. The number of carbonyl (C=O) groups excluding carboxylic acids is 1. The second kappa shape index (κ2) is 8.68. The molecule has 1 fully saturated rings. The number of sulfonamides is 1. The van der Waals surface area contributed by atoms with Crippen LogP contribution in [0.5, 0.6) is 0 Å². The highest BCUT2D eigenvalue weighted by Gasteiger charge is 2.31. The summed E-state index contributed by atoms with van der Waals surface area (Å²) in [6.45, 7) is 5.65. The van der Waals surface area contributed by atoms with Crippen molar-refractivity contribution in [2.75, 3.05) is 37.7 Å². The van der Waals surface area contributed by atoms with Crippen LogP contribution in [-0.2, 0) is 21.2 Å². The molecule has 0 spiro atoms. The summed E-state index contributed by atoms with van der Waals surface area (Å²) in [5.41, 5.74) is 3.32. The minimum atomic E-state index is -4.05. The number of ether oxygens (including phenoxy) is 1. The van der Waals surface area contributed by atoms with E-state index in [4.69, 9.17) is 4.74 Å². The predicted octanol–water partition coefficient (Wildman–Crippen LogP) is 3.56. The zero-order chi connectivity index (χ0) is 22.2. The van der Waals surface area contributed by atoms with Crippen molar-refractivity contribution in [3.05, 3.63) is 58.9 Å². The number of nitrogens with zero attached hydrogens (tertiary/aromatic N) is 2. The van der Waals surface area contributed by atoms with E-state index in [1.54, 1.807) is 4.90 Å². The molecule has 1 saturated heterocycles. The third kappa shape index (κ3) is 4.24. The van der Waals surface area contributed by atoms with Crippen molar-refractivity contribution in [1.29, 1.82) is 0 Å². The molecule has 2 heterocycles. The maximum absolute atomic E-state index is 14.5. The Balaban J connectivity index is 1.67. The molecule has 0 unspecified atom stereocenters. The van der Waals surface area contributed by atoms with Crippen molar-refractivity contribution in [1.82, 2.24) is 4.31 Å². The van der Waals surface area contributed by atoms with Crippen LogP contribution < -0.4 is 4.90 Å². The molecule has 2 aromatic rings. The maximum Gasteiger partial charge on any atom is 0.258 e. The smallest absolute Gasteiger partial charge is 0.258 e. The molecular weight excluding hydrogens is 419 g/mol. The lowest BCUT2D eigenvalue weighted by Gasteiger charge is -2.30. The first-order chi connectivity index (χ1) is 14.8. The minimum absolute atomic E-state index is 0.161. The normalized spacial score (nSPS) is 17.6. The Morgan fingerprint density at radius 3 is 2.52 bits per heavy atom. The van der Waals surface area contributed by atoms with Gasteiger partial charge in [-0.3, -0.25) is 4.79 Å². The molecule has 0 N–H and O–H groups in total. The predicted molar refractivity (Wildman–Crippen MR) is 117 cm³/mol. The van der Waals surface area contributed by atoms with E-state index in [9.17, 15) is 17.6 Å². The van der Waals surface area contributed by atoms with Crippen LogP contribution >= 0.6 is 0 Å². The van der Waals surface area contributed by atoms with E-state index in [1.807, 2.05) is 12.1 Å². The van der Waals surface area contributed by atoms with Crippen LogP contribution in [0.15, 0.2) is 41.3 Å². The number of morpholine rings is 1. The summed E-state index contributed by atoms with van der Waals surface area (Å²) >= 11 is 0. The van der Waals surface area contributed by atoms with Crippen LogP contribution in [0.2, 0.25) is 0 Å². The third-order valence-corrected chi connectivity index (χ3v) is 7.81. The molecular formula is C23H27FN2O4S. The monoisotopic (exact) mass is 446 g/mol. The SMILES string of the molecule is CC(C)c1ccc2c(c1)CCCN2C(=O)c1ccc(F)c(S(=O)(=O)N2CCOCC2)c1. The fraction of sp³-hybridized carbons (Fsp3) is 0.435. The molecule has 0 atom stereocenters. The van der Waals surface area contributed by atoms with Crippen LogP contribution in [0.25, 0.3) is 0 Å². The van der Waals surface area contributed by atoms with E-state index in [2.05, 4.69) is 19.9 Å². The summed E-state index contributed by atoms with van der Waals surface area (Å²) < 4.78 is 46.9. The van der Waals surface area contributed by atoms with Crippen molar-refractivity contribution in [3.63, 3.8) is 0 Å². The van der Waals surface area contributed by atoms with Gasteiger partial charge < -0.3 is 9.64 Å². The Kier molecular flexibility index (Phi) is 6.14. The summed E-state index contributed by atoms with van der Waals surface area (Å²) in [6, 6.07) is 9.70. The first kappa shape index (κ1) is 21.9. The van der Waals surface area contributed by atoms with E-state index in [0.717, 1.165) is 30.2 Å². The number of fused-ring (bicyclic) bond motifs is 1. The molecule has 4 rings (SSSR count). The van der Waals surface area contributed by atoms with E-state index in [1.165, 1.54) is 22.0 Å². The number of halogens is 1. The maximum atomic E-state index is 14.5.